The van der Waals surface area contributed by atoms with Crippen LogP contribution in [-0.2, 0) is 0 Å². The van der Waals surface area contributed by atoms with Crippen LogP contribution in [-0.4, -0.2) is 24.4 Å². The molecule has 2 aromatic heterocycles. The van der Waals surface area contributed by atoms with Gasteiger partial charge in [-0.3, -0.25) is 25.0 Å². The van der Waals surface area contributed by atoms with Crippen molar-refractivity contribution in [2.75, 3.05) is 0 Å². The lowest BCUT2D eigenvalue weighted by Gasteiger charge is -2.04. The van der Waals surface area contributed by atoms with Gasteiger partial charge in [0.05, 0.1) is 21.3 Å². The second kappa shape index (κ2) is 5.10. The van der Waals surface area contributed by atoms with E-state index in [1.54, 1.807) is 0 Å². The number of aromatic nitrogens is 3. The SMILES string of the molecule is O=c1[nH]c2c([N+](=O)[O-])cc([N+](=O)[O-])cc2c(=O)n1-c1nccs1. The molecule has 0 bridgehead atoms. The fourth-order valence-electron chi connectivity index (χ4n) is 2.04. The van der Waals surface area contributed by atoms with E-state index in [2.05, 4.69) is 9.97 Å². The van der Waals surface area contributed by atoms with Crippen LogP contribution in [0.2, 0.25) is 0 Å². The molecule has 0 atom stereocenters. The van der Waals surface area contributed by atoms with Crippen molar-refractivity contribution in [3.8, 4) is 5.13 Å². The maximum Gasteiger partial charge on any atom is 0.335 e. The molecule has 116 valence electrons. The van der Waals surface area contributed by atoms with Gasteiger partial charge in [-0.2, -0.15) is 0 Å². The third kappa shape index (κ3) is 2.26. The van der Waals surface area contributed by atoms with Gasteiger partial charge in [0.1, 0.15) is 5.52 Å². The molecule has 0 aliphatic carbocycles. The average molecular weight is 335 g/mol. The third-order valence-electron chi connectivity index (χ3n) is 2.99. The maximum atomic E-state index is 12.5. The van der Waals surface area contributed by atoms with Gasteiger partial charge >= 0.3 is 11.4 Å². The van der Waals surface area contributed by atoms with E-state index in [0.29, 0.717) is 10.6 Å². The highest BCUT2D eigenvalue weighted by molar-refractivity contribution is 7.12. The number of nitrogens with zero attached hydrogens (tertiary/aromatic N) is 4. The lowest BCUT2D eigenvalue weighted by molar-refractivity contribution is -0.393. The van der Waals surface area contributed by atoms with Crippen LogP contribution >= 0.6 is 11.3 Å². The quantitative estimate of drug-likeness (QED) is 0.552. The number of nitro benzene ring substituents is 2. The average Bonchev–Trinajstić information content (AvgIpc) is 3.00. The lowest BCUT2D eigenvalue weighted by atomic mass is 10.2. The van der Waals surface area contributed by atoms with Crippen molar-refractivity contribution >= 4 is 33.6 Å². The molecule has 3 aromatic rings. The number of hydrogen-bond donors (Lipinski definition) is 1. The van der Waals surface area contributed by atoms with E-state index in [-0.39, 0.29) is 16.0 Å². The van der Waals surface area contributed by atoms with E-state index in [4.69, 9.17) is 0 Å². The minimum atomic E-state index is -0.925. The molecule has 23 heavy (non-hydrogen) atoms. The van der Waals surface area contributed by atoms with Gasteiger partial charge in [0.15, 0.2) is 0 Å². The van der Waals surface area contributed by atoms with Crippen LogP contribution in [0.5, 0.6) is 0 Å². The molecule has 0 radical (unpaired) electrons. The van der Waals surface area contributed by atoms with Crippen molar-refractivity contribution in [1.82, 2.24) is 14.5 Å². The van der Waals surface area contributed by atoms with Crippen molar-refractivity contribution in [2.24, 2.45) is 0 Å². The first-order valence-corrected chi connectivity index (χ1v) is 6.80. The molecule has 1 N–H and O–H groups in total. The van der Waals surface area contributed by atoms with E-state index >= 15 is 0 Å². The van der Waals surface area contributed by atoms with Crippen molar-refractivity contribution in [1.29, 1.82) is 0 Å². The second-order valence-electron chi connectivity index (χ2n) is 4.29. The zero-order valence-corrected chi connectivity index (χ0v) is 11.8. The minimum absolute atomic E-state index is 0.0484. The highest BCUT2D eigenvalue weighted by Gasteiger charge is 2.24. The standard InChI is InChI=1S/C11H5N5O6S/c17-9-6-3-5(15(19)20)4-7(16(21)22)8(6)13-10(18)14(9)11-12-1-2-23-11/h1-4H,(H,13,18). The number of hydrogen-bond acceptors (Lipinski definition) is 8. The molecule has 0 aliphatic rings. The van der Waals surface area contributed by atoms with Gasteiger partial charge in [0.25, 0.3) is 11.2 Å². The molecule has 0 aliphatic heterocycles. The molecule has 0 saturated heterocycles. The molecular formula is C11H5N5O6S. The molecule has 0 saturated carbocycles. The highest BCUT2D eigenvalue weighted by atomic mass is 32.1. The Morgan fingerprint density at radius 1 is 1.17 bits per heavy atom. The molecule has 11 nitrogen and oxygen atoms in total. The van der Waals surface area contributed by atoms with Crippen LogP contribution in [0.15, 0.2) is 33.3 Å². The summed E-state index contributed by atoms with van der Waals surface area (Å²) in [6.45, 7) is 0. The summed E-state index contributed by atoms with van der Waals surface area (Å²) < 4.78 is 0.667. The molecule has 0 amide bonds. The number of H-pyrrole nitrogens is 1. The second-order valence-corrected chi connectivity index (χ2v) is 5.16. The van der Waals surface area contributed by atoms with Gasteiger partial charge in [-0.05, 0) is 0 Å². The van der Waals surface area contributed by atoms with Crippen LogP contribution in [0.25, 0.3) is 16.0 Å². The summed E-state index contributed by atoms with van der Waals surface area (Å²) in [7, 11) is 0. The Morgan fingerprint density at radius 2 is 1.91 bits per heavy atom. The lowest BCUT2D eigenvalue weighted by Crippen LogP contribution is -2.33. The Bertz CT molecular complexity index is 1070. The summed E-state index contributed by atoms with van der Waals surface area (Å²) in [5.41, 5.74) is -3.57. The summed E-state index contributed by atoms with van der Waals surface area (Å²) in [5.74, 6) is 0. The predicted octanol–water partition coefficient (Wildman–Crippen LogP) is 0.952. The number of nitrogens with one attached hydrogen (secondary N) is 1. The van der Waals surface area contributed by atoms with Crippen molar-refractivity contribution in [2.45, 2.75) is 0 Å². The number of aromatic amines is 1. The van der Waals surface area contributed by atoms with Crippen molar-refractivity contribution < 1.29 is 9.85 Å². The molecular weight excluding hydrogens is 330 g/mol. The Balaban J connectivity index is 2.51. The number of nitro groups is 2. The van der Waals surface area contributed by atoms with Crippen molar-refractivity contribution in [3.05, 3.63) is 64.8 Å². The van der Waals surface area contributed by atoms with E-state index in [1.807, 2.05) is 0 Å². The van der Waals surface area contributed by atoms with Gasteiger partial charge in [-0.25, -0.2) is 14.3 Å². The van der Waals surface area contributed by atoms with Crippen LogP contribution < -0.4 is 11.2 Å². The summed E-state index contributed by atoms with van der Waals surface area (Å²) in [5, 5.41) is 23.2. The van der Waals surface area contributed by atoms with Crippen LogP contribution in [0.3, 0.4) is 0 Å². The normalized spacial score (nSPS) is 10.8. The molecule has 3 rings (SSSR count). The summed E-state index contributed by atoms with van der Waals surface area (Å²) in [6.07, 6.45) is 1.37. The van der Waals surface area contributed by atoms with Gasteiger partial charge in [0, 0.05) is 17.6 Å². The van der Waals surface area contributed by atoms with E-state index in [9.17, 15) is 29.8 Å². The zero-order chi connectivity index (χ0) is 16.7. The molecule has 2 heterocycles. The number of thiazole rings is 1. The van der Waals surface area contributed by atoms with Gasteiger partial charge in [0.2, 0.25) is 5.13 Å². The van der Waals surface area contributed by atoms with E-state index < -0.39 is 32.5 Å². The van der Waals surface area contributed by atoms with E-state index in [1.165, 1.54) is 11.6 Å². The Labute approximate surface area is 128 Å². The summed E-state index contributed by atoms with van der Waals surface area (Å²) in [4.78, 5) is 50.8. The summed E-state index contributed by atoms with van der Waals surface area (Å²) in [6, 6.07) is 1.57. The zero-order valence-electron chi connectivity index (χ0n) is 11.0. The van der Waals surface area contributed by atoms with Crippen LogP contribution in [0.4, 0.5) is 11.4 Å². The molecule has 0 fully saturated rings. The smallest absolute Gasteiger partial charge is 0.300 e. The first-order chi connectivity index (χ1) is 10.9. The van der Waals surface area contributed by atoms with Gasteiger partial charge in [-0.15, -0.1) is 11.3 Å². The minimum Gasteiger partial charge on any atom is -0.300 e. The monoisotopic (exact) mass is 335 g/mol. The number of rotatable bonds is 3. The van der Waals surface area contributed by atoms with Crippen LogP contribution in [0, 0.1) is 20.2 Å². The topological polar surface area (TPSA) is 154 Å². The van der Waals surface area contributed by atoms with Gasteiger partial charge in [-0.1, -0.05) is 0 Å². The fraction of sp³-hybridized carbons (Fsp3) is 0. The van der Waals surface area contributed by atoms with Gasteiger partial charge < -0.3 is 4.98 Å². The first kappa shape index (κ1) is 14.5. The molecule has 1 aromatic carbocycles. The Kier molecular flexibility index (Phi) is 3.22. The highest BCUT2D eigenvalue weighted by Crippen LogP contribution is 2.27. The fourth-order valence-corrected chi connectivity index (χ4v) is 2.67. The Morgan fingerprint density at radius 3 is 2.48 bits per heavy atom. The van der Waals surface area contributed by atoms with Crippen LogP contribution in [0.1, 0.15) is 0 Å². The van der Waals surface area contributed by atoms with Crippen molar-refractivity contribution in [3.63, 3.8) is 0 Å². The molecule has 0 unspecified atom stereocenters. The van der Waals surface area contributed by atoms with E-state index in [0.717, 1.165) is 17.4 Å². The molecule has 0 spiro atoms. The number of non-ortho nitro benzene ring substituents is 2. The maximum absolute atomic E-state index is 12.5. The number of benzene rings is 1. The summed E-state index contributed by atoms with van der Waals surface area (Å²) >= 11 is 0.998. The Hall–Kier alpha value is -3.41. The number of fused-ring (bicyclic) bond motifs is 1. The first-order valence-electron chi connectivity index (χ1n) is 5.92. The largest absolute Gasteiger partial charge is 0.335 e. The predicted molar refractivity (Wildman–Crippen MR) is 79.1 cm³/mol. The third-order valence-corrected chi connectivity index (χ3v) is 3.75. The molecule has 12 heteroatoms.